The van der Waals surface area contributed by atoms with E-state index < -0.39 is 6.61 Å². The second kappa shape index (κ2) is 4.72. The van der Waals surface area contributed by atoms with E-state index in [0.29, 0.717) is 11.1 Å². The van der Waals surface area contributed by atoms with E-state index in [4.69, 9.17) is 5.11 Å². The maximum absolute atomic E-state index is 11.8. The molecule has 0 amide bonds. The highest BCUT2D eigenvalue weighted by Gasteiger charge is 2.04. The summed E-state index contributed by atoms with van der Waals surface area (Å²) in [7, 11) is 0. The summed E-state index contributed by atoms with van der Waals surface area (Å²) in [5, 5.41) is 8.75. The molecule has 76 valence electrons. The van der Waals surface area contributed by atoms with Gasteiger partial charge in [-0.1, -0.05) is 18.7 Å². The second-order valence-electron chi connectivity index (χ2n) is 2.66. The summed E-state index contributed by atoms with van der Waals surface area (Å²) in [6, 6.07) is 5.94. The monoisotopic (exact) mass is 200 g/mol. The molecule has 4 heteroatoms. The molecule has 14 heavy (non-hydrogen) atoms. The maximum atomic E-state index is 11.8. The van der Waals surface area contributed by atoms with Crippen LogP contribution in [0.15, 0.2) is 30.8 Å². The van der Waals surface area contributed by atoms with Crippen molar-refractivity contribution in [2.45, 2.75) is 6.61 Å². The zero-order valence-corrected chi connectivity index (χ0v) is 7.41. The lowest BCUT2D eigenvalue weighted by molar-refractivity contribution is -0.0498. The quantitative estimate of drug-likeness (QED) is 0.808. The van der Waals surface area contributed by atoms with Crippen molar-refractivity contribution in [2.24, 2.45) is 0 Å². The number of rotatable bonds is 4. The second-order valence-corrected chi connectivity index (χ2v) is 2.66. The first-order valence-corrected chi connectivity index (χ1v) is 3.97. The Kier molecular flexibility index (Phi) is 3.59. The summed E-state index contributed by atoms with van der Waals surface area (Å²) in [5.41, 5.74) is 1.24. The van der Waals surface area contributed by atoms with Gasteiger partial charge in [0, 0.05) is 0 Å². The molecule has 0 spiro atoms. The van der Waals surface area contributed by atoms with Crippen LogP contribution >= 0.6 is 0 Å². The average Bonchev–Trinajstić information content (AvgIpc) is 2.17. The molecule has 1 N–H and O–H groups in total. The van der Waals surface area contributed by atoms with Gasteiger partial charge in [0.15, 0.2) is 0 Å². The molecule has 1 aromatic rings. The highest BCUT2D eigenvalue weighted by atomic mass is 19.3. The Morgan fingerprint density at radius 3 is 2.36 bits per heavy atom. The molecular weight excluding hydrogens is 190 g/mol. The Balaban J connectivity index is 2.73. The summed E-state index contributed by atoms with van der Waals surface area (Å²) in [4.78, 5) is 0. The Hall–Kier alpha value is -1.42. The molecule has 0 aromatic heterocycles. The molecule has 0 aliphatic carbocycles. The van der Waals surface area contributed by atoms with Gasteiger partial charge in [-0.2, -0.15) is 8.78 Å². The van der Waals surface area contributed by atoms with Crippen LogP contribution in [-0.2, 0) is 0 Å². The fraction of sp³-hybridized carbons (Fsp3) is 0.200. The van der Waals surface area contributed by atoms with Crippen LogP contribution in [-0.4, -0.2) is 18.3 Å². The van der Waals surface area contributed by atoms with Crippen LogP contribution in [0.1, 0.15) is 5.56 Å². The van der Waals surface area contributed by atoms with Crippen molar-refractivity contribution in [1.29, 1.82) is 0 Å². The van der Waals surface area contributed by atoms with Gasteiger partial charge in [-0.05, 0) is 23.3 Å². The number of ether oxygens (including phenoxy) is 1. The largest absolute Gasteiger partial charge is 0.435 e. The third-order valence-electron chi connectivity index (χ3n) is 1.68. The molecule has 0 radical (unpaired) electrons. The normalized spacial score (nSPS) is 10.3. The van der Waals surface area contributed by atoms with Gasteiger partial charge < -0.3 is 9.84 Å². The first kappa shape index (κ1) is 10.7. The predicted octanol–water partition coefficient (Wildman–Crippen LogP) is 2.29. The molecule has 0 aliphatic heterocycles. The van der Waals surface area contributed by atoms with Crippen molar-refractivity contribution in [2.75, 3.05) is 6.61 Å². The van der Waals surface area contributed by atoms with E-state index in [1.54, 1.807) is 12.1 Å². The molecular formula is C10H10F2O2. The van der Waals surface area contributed by atoms with Crippen LogP contribution in [0.4, 0.5) is 8.78 Å². The summed E-state index contributed by atoms with van der Waals surface area (Å²) in [5.74, 6) is 0.0921. The Labute approximate surface area is 80.4 Å². The fourth-order valence-corrected chi connectivity index (χ4v) is 0.963. The number of aliphatic hydroxyl groups is 1. The lowest BCUT2D eigenvalue weighted by Crippen LogP contribution is -2.01. The van der Waals surface area contributed by atoms with Crippen molar-refractivity contribution in [1.82, 2.24) is 0 Å². The number of aliphatic hydroxyl groups excluding tert-OH is 1. The van der Waals surface area contributed by atoms with E-state index in [9.17, 15) is 8.78 Å². The molecule has 1 aromatic carbocycles. The summed E-state index contributed by atoms with van der Waals surface area (Å²) in [6.07, 6.45) is 0. The molecule has 0 saturated carbocycles. The summed E-state index contributed by atoms with van der Waals surface area (Å²) < 4.78 is 27.7. The van der Waals surface area contributed by atoms with Crippen LogP contribution < -0.4 is 4.74 Å². The predicted molar refractivity (Wildman–Crippen MR) is 49.2 cm³/mol. The van der Waals surface area contributed by atoms with Crippen LogP contribution in [0.2, 0.25) is 0 Å². The van der Waals surface area contributed by atoms with Gasteiger partial charge in [0.25, 0.3) is 0 Å². The summed E-state index contributed by atoms with van der Waals surface area (Å²) in [6.45, 7) is 0.620. The lowest BCUT2D eigenvalue weighted by atomic mass is 10.1. The Morgan fingerprint density at radius 1 is 1.36 bits per heavy atom. The topological polar surface area (TPSA) is 29.5 Å². The van der Waals surface area contributed by atoms with Gasteiger partial charge in [-0.25, -0.2) is 0 Å². The zero-order chi connectivity index (χ0) is 10.6. The number of benzene rings is 1. The van der Waals surface area contributed by atoms with Crippen molar-refractivity contribution < 1.29 is 18.6 Å². The smallest absolute Gasteiger partial charge is 0.387 e. The first-order valence-electron chi connectivity index (χ1n) is 3.97. The third-order valence-corrected chi connectivity index (χ3v) is 1.68. The molecule has 0 fully saturated rings. The van der Waals surface area contributed by atoms with Gasteiger partial charge in [0.1, 0.15) is 5.75 Å². The van der Waals surface area contributed by atoms with E-state index in [0.717, 1.165) is 0 Å². The van der Waals surface area contributed by atoms with Gasteiger partial charge >= 0.3 is 6.61 Å². The van der Waals surface area contributed by atoms with Crippen LogP contribution in [0, 0.1) is 0 Å². The number of alkyl halides is 2. The molecule has 0 unspecified atom stereocenters. The minimum atomic E-state index is -2.82. The maximum Gasteiger partial charge on any atom is 0.387 e. The number of halogens is 2. The van der Waals surface area contributed by atoms with E-state index in [-0.39, 0.29) is 12.4 Å². The first-order chi connectivity index (χ1) is 6.63. The van der Waals surface area contributed by atoms with Crippen molar-refractivity contribution >= 4 is 5.57 Å². The molecule has 0 bridgehead atoms. The Bertz CT molecular complexity index is 306. The fourth-order valence-electron chi connectivity index (χ4n) is 0.963. The van der Waals surface area contributed by atoms with Gasteiger partial charge in [-0.15, -0.1) is 0 Å². The molecule has 0 aliphatic rings. The minimum absolute atomic E-state index is 0.0921. The highest BCUT2D eigenvalue weighted by Crippen LogP contribution is 2.18. The highest BCUT2D eigenvalue weighted by molar-refractivity contribution is 5.64. The molecule has 0 atom stereocenters. The molecule has 2 nitrogen and oxygen atoms in total. The van der Waals surface area contributed by atoms with E-state index >= 15 is 0 Å². The van der Waals surface area contributed by atoms with E-state index in [1.165, 1.54) is 12.1 Å². The summed E-state index contributed by atoms with van der Waals surface area (Å²) >= 11 is 0. The van der Waals surface area contributed by atoms with Gasteiger partial charge in [0.2, 0.25) is 0 Å². The third kappa shape index (κ3) is 2.81. The zero-order valence-electron chi connectivity index (χ0n) is 7.41. The van der Waals surface area contributed by atoms with Crippen LogP contribution in [0.5, 0.6) is 5.75 Å². The van der Waals surface area contributed by atoms with Crippen molar-refractivity contribution in [3.63, 3.8) is 0 Å². The SMILES string of the molecule is C=C(CO)c1ccc(OC(F)F)cc1. The number of hydrogen-bond acceptors (Lipinski definition) is 2. The van der Waals surface area contributed by atoms with Gasteiger partial charge in [-0.3, -0.25) is 0 Å². The Morgan fingerprint density at radius 2 is 1.93 bits per heavy atom. The minimum Gasteiger partial charge on any atom is -0.435 e. The molecule has 1 rings (SSSR count). The standard InChI is InChI=1S/C10H10F2O2/c1-7(6-13)8-2-4-9(5-3-8)14-10(11)12/h2-5,10,13H,1,6H2. The lowest BCUT2D eigenvalue weighted by Gasteiger charge is -2.06. The number of hydrogen-bond donors (Lipinski definition) is 1. The van der Waals surface area contributed by atoms with Crippen LogP contribution in [0.3, 0.4) is 0 Å². The van der Waals surface area contributed by atoms with Crippen LogP contribution in [0.25, 0.3) is 5.57 Å². The molecule has 0 saturated heterocycles. The molecule has 0 heterocycles. The van der Waals surface area contributed by atoms with Gasteiger partial charge in [0.05, 0.1) is 6.61 Å². The average molecular weight is 200 g/mol. The van der Waals surface area contributed by atoms with Crippen molar-refractivity contribution in [3.05, 3.63) is 36.4 Å². The van der Waals surface area contributed by atoms with E-state index in [2.05, 4.69) is 11.3 Å². The van der Waals surface area contributed by atoms with Crippen molar-refractivity contribution in [3.8, 4) is 5.75 Å². The van der Waals surface area contributed by atoms with E-state index in [1.807, 2.05) is 0 Å².